The molecule has 7 heteroatoms. The summed E-state index contributed by atoms with van der Waals surface area (Å²) in [5.74, 6) is 2.56. The zero-order chi connectivity index (χ0) is 21.8. The number of benzene rings is 1. The summed E-state index contributed by atoms with van der Waals surface area (Å²) < 4.78 is 1.70. The van der Waals surface area contributed by atoms with Crippen LogP contribution >= 0.6 is 0 Å². The number of nitrogens with zero attached hydrogens (tertiary/aromatic N) is 6. The number of hydrogen-bond acceptors (Lipinski definition) is 5. The Bertz CT molecular complexity index is 997. The molecule has 0 radical (unpaired) electrons. The number of amides is 1. The van der Waals surface area contributed by atoms with Gasteiger partial charge in [0, 0.05) is 38.6 Å². The Hall–Kier alpha value is -3.22. The molecule has 2 aromatic heterocycles. The van der Waals surface area contributed by atoms with Crippen LogP contribution in [-0.2, 0) is 11.2 Å². The van der Waals surface area contributed by atoms with E-state index in [1.54, 1.807) is 10.9 Å². The quantitative estimate of drug-likeness (QED) is 0.621. The van der Waals surface area contributed by atoms with Gasteiger partial charge in [-0.2, -0.15) is 5.10 Å². The Morgan fingerprint density at radius 3 is 2.41 bits per heavy atom. The minimum atomic E-state index is 0.0435. The summed E-state index contributed by atoms with van der Waals surface area (Å²) in [5.41, 5.74) is 1.40. The molecule has 1 unspecified atom stereocenters. The number of aromatic nitrogens is 4. The summed E-state index contributed by atoms with van der Waals surface area (Å²) in [7, 11) is 0. The van der Waals surface area contributed by atoms with Crippen LogP contribution in [0.2, 0.25) is 0 Å². The highest BCUT2D eigenvalue weighted by atomic mass is 16.2. The second kappa shape index (κ2) is 9.51. The van der Waals surface area contributed by atoms with E-state index >= 15 is 0 Å². The van der Waals surface area contributed by atoms with E-state index in [0.29, 0.717) is 17.6 Å². The van der Waals surface area contributed by atoms with E-state index < -0.39 is 0 Å². The lowest BCUT2D eigenvalue weighted by Gasteiger charge is -2.38. The average Bonchev–Trinajstić information content (AvgIpc) is 3.40. The first kappa shape index (κ1) is 20.7. The largest absolute Gasteiger partial charge is 0.354 e. The van der Waals surface area contributed by atoms with Crippen LogP contribution in [0.3, 0.4) is 0 Å². The van der Waals surface area contributed by atoms with Crippen LogP contribution in [0, 0.1) is 11.8 Å². The molecule has 7 nitrogen and oxygen atoms in total. The molecule has 0 N–H and O–H groups in total. The third-order valence-electron chi connectivity index (χ3n) is 6.76. The molecular formula is C25H30N6O. The fourth-order valence-electron chi connectivity index (χ4n) is 4.96. The summed E-state index contributed by atoms with van der Waals surface area (Å²) in [5, 5.41) is 12.9. The topological polar surface area (TPSA) is 67.2 Å². The van der Waals surface area contributed by atoms with Crippen molar-refractivity contribution in [2.24, 2.45) is 11.8 Å². The highest BCUT2D eigenvalue weighted by molar-refractivity contribution is 5.79. The number of piperidine rings is 2. The predicted molar refractivity (Wildman–Crippen MR) is 124 cm³/mol. The maximum Gasteiger partial charge on any atom is 0.227 e. The zero-order valence-electron chi connectivity index (χ0n) is 18.4. The van der Waals surface area contributed by atoms with Crippen LogP contribution in [0.1, 0.15) is 31.2 Å². The number of hydrogen-bond donors (Lipinski definition) is 0. The minimum absolute atomic E-state index is 0.0435. The third-order valence-corrected chi connectivity index (χ3v) is 6.76. The fourth-order valence-corrected chi connectivity index (χ4v) is 4.96. The molecule has 0 bridgehead atoms. The van der Waals surface area contributed by atoms with Crippen molar-refractivity contribution in [3.8, 4) is 5.82 Å². The van der Waals surface area contributed by atoms with Crippen molar-refractivity contribution in [1.29, 1.82) is 0 Å². The molecule has 166 valence electrons. The molecule has 3 aromatic rings. The van der Waals surface area contributed by atoms with Gasteiger partial charge in [-0.3, -0.25) is 4.79 Å². The van der Waals surface area contributed by atoms with Crippen molar-refractivity contribution in [1.82, 2.24) is 24.9 Å². The lowest BCUT2D eigenvalue weighted by Crippen LogP contribution is -2.47. The number of rotatable bonds is 5. The van der Waals surface area contributed by atoms with Crippen LogP contribution in [0.25, 0.3) is 5.82 Å². The SMILES string of the molecule is O=C(C1CCCN(c2ccc(-n3cccn3)nn2)C1)N1CCC(Cc2ccccc2)CC1. The van der Waals surface area contributed by atoms with Crippen LogP contribution in [0.4, 0.5) is 5.82 Å². The molecule has 1 atom stereocenters. The van der Waals surface area contributed by atoms with E-state index in [4.69, 9.17) is 0 Å². The molecule has 2 saturated heterocycles. The normalized spacial score (nSPS) is 19.8. The van der Waals surface area contributed by atoms with Gasteiger partial charge in [0.1, 0.15) is 0 Å². The van der Waals surface area contributed by atoms with Crippen LogP contribution < -0.4 is 4.90 Å². The highest BCUT2D eigenvalue weighted by Crippen LogP contribution is 2.27. The molecule has 4 heterocycles. The fraction of sp³-hybridized carbons (Fsp3) is 0.440. The van der Waals surface area contributed by atoms with Gasteiger partial charge < -0.3 is 9.80 Å². The molecule has 5 rings (SSSR count). The molecule has 2 fully saturated rings. The van der Waals surface area contributed by atoms with Crippen LogP contribution in [0.5, 0.6) is 0 Å². The second-order valence-corrected chi connectivity index (χ2v) is 8.94. The number of carbonyl (C=O) groups excluding carboxylic acids is 1. The predicted octanol–water partition coefficient (Wildman–Crippen LogP) is 3.36. The average molecular weight is 431 g/mol. The Kier molecular flexibility index (Phi) is 6.14. The molecule has 2 aliphatic rings. The van der Waals surface area contributed by atoms with Gasteiger partial charge >= 0.3 is 0 Å². The van der Waals surface area contributed by atoms with Gasteiger partial charge in [-0.1, -0.05) is 30.3 Å². The molecule has 2 aliphatic heterocycles. The van der Waals surface area contributed by atoms with Gasteiger partial charge in [0.2, 0.25) is 5.91 Å². The van der Waals surface area contributed by atoms with Gasteiger partial charge in [0.05, 0.1) is 5.92 Å². The van der Waals surface area contributed by atoms with E-state index in [1.165, 1.54) is 5.56 Å². The first-order chi connectivity index (χ1) is 15.8. The zero-order valence-corrected chi connectivity index (χ0v) is 18.4. The summed E-state index contributed by atoms with van der Waals surface area (Å²) in [6, 6.07) is 16.5. The van der Waals surface area contributed by atoms with Crippen LogP contribution in [-0.4, -0.2) is 57.0 Å². The van der Waals surface area contributed by atoms with Crippen molar-refractivity contribution >= 4 is 11.7 Å². The lowest BCUT2D eigenvalue weighted by molar-refractivity contribution is -0.137. The van der Waals surface area contributed by atoms with Gasteiger partial charge in [-0.25, -0.2) is 4.68 Å². The van der Waals surface area contributed by atoms with Crippen molar-refractivity contribution < 1.29 is 4.79 Å². The van der Waals surface area contributed by atoms with E-state index in [9.17, 15) is 4.79 Å². The van der Waals surface area contributed by atoms with Gasteiger partial charge in [-0.05, 0) is 61.8 Å². The maximum atomic E-state index is 13.3. The molecule has 1 aromatic carbocycles. The van der Waals surface area contributed by atoms with Gasteiger partial charge in [-0.15, -0.1) is 10.2 Å². The summed E-state index contributed by atoms with van der Waals surface area (Å²) >= 11 is 0. The van der Waals surface area contributed by atoms with E-state index in [0.717, 1.165) is 64.1 Å². The van der Waals surface area contributed by atoms with Crippen molar-refractivity contribution in [3.05, 3.63) is 66.5 Å². The Morgan fingerprint density at radius 1 is 0.906 bits per heavy atom. The Balaban J connectivity index is 1.15. The summed E-state index contributed by atoms with van der Waals surface area (Å²) in [4.78, 5) is 17.6. The van der Waals surface area contributed by atoms with E-state index in [1.807, 2.05) is 24.4 Å². The Morgan fingerprint density at radius 2 is 1.69 bits per heavy atom. The summed E-state index contributed by atoms with van der Waals surface area (Å²) in [6.45, 7) is 3.40. The molecule has 32 heavy (non-hydrogen) atoms. The first-order valence-corrected chi connectivity index (χ1v) is 11.7. The van der Waals surface area contributed by atoms with Crippen molar-refractivity contribution in [3.63, 3.8) is 0 Å². The molecular weight excluding hydrogens is 400 g/mol. The van der Waals surface area contributed by atoms with E-state index in [-0.39, 0.29) is 5.92 Å². The van der Waals surface area contributed by atoms with E-state index in [2.05, 4.69) is 55.4 Å². The highest BCUT2D eigenvalue weighted by Gasteiger charge is 2.32. The number of anilines is 1. The molecule has 0 spiro atoms. The molecule has 0 aliphatic carbocycles. The lowest BCUT2D eigenvalue weighted by atomic mass is 9.89. The first-order valence-electron chi connectivity index (χ1n) is 11.7. The van der Waals surface area contributed by atoms with Gasteiger partial charge in [0.15, 0.2) is 11.6 Å². The summed E-state index contributed by atoms with van der Waals surface area (Å²) in [6.07, 6.45) is 8.84. The molecule has 1 amide bonds. The van der Waals surface area contributed by atoms with Gasteiger partial charge in [0.25, 0.3) is 0 Å². The van der Waals surface area contributed by atoms with Crippen molar-refractivity contribution in [2.75, 3.05) is 31.1 Å². The number of carbonyl (C=O) groups is 1. The monoisotopic (exact) mass is 430 g/mol. The van der Waals surface area contributed by atoms with Crippen LogP contribution in [0.15, 0.2) is 60.9 Å². The number of likely N-dealkylation sites (tertiary alicyclic amines) is 1. The second-order valence-electron chi connectivity index (χ2n) is 8.94. The molecule has 0 saturated carbocycles. The minimum Gasteiger partial charge on any atom is -0.354 e. The van der Waals surface area contributed by atoms with Crippen molar-refractivity contribution in [2.45, 2.75) is 32.1 Å². The Labute approximate surface area is 189 Å². The maximum absolute atomic E-state index is 13.3. The smallest absolute Gasteiger partial charge is 0.227 e. The third kappa shape index (κ3) is 4.66. The standard InChI is InChI=1S/C25H30N6O/c32-25(29-16-11-21(12-17-29)18-20-6-2-1-3-7-20)22-8-4-14-30(19-22)23-9-10-24(28-27-23)31-15-5-13-26-31/h1-3,5-7,9-10,13,15,21-22H,4,8,11-12,14,16-19H2.